The van der Waals surface area contributed by atoms with Gasteiger partial charge in [0, 0.05) is 13.6 Å². The van der Waals surface area contributed by atoms with E-state index in [-0.39, 0.29) is 17.3 Å². The highest BCUT2D eigenvalue weighted by atomic mass is 32.2. The predicted octanol–water partition coefficient (Wildman–Crippen LogP) is 4.15. The van der Waals surface area contributed by atoms with Gasteiger partial charge in [-0.1, -0.05) is 36.8 Å². The minimum atomic E-state index is -4.15. The molecule has 9 nitrogen and oxygen atoms in total. The van der Waals surface area contributed by atoms with Gasteiger partial charge in [0.25, 0.3) is 10.0 Å². The summed E-state index contributed by atoms with van der Waals surface area (Å²) in [7, 11) is -1.08. The molecule has 40 heavy (non-hydrogen) atoms. The molecule has 0 aliphatic carbocycles. The lowest BCUT2D eigenvalue weighted by Crippen LogP contribution is -2.51. The van der Waals surface area contributed by atoms with Crippen LogP contribution in [0.3, 0.4) is 0 Å². The summed E-state index contributed by atoms with van der Waals surface area (Å²) in [6.45, 7) is 5.61. The fourth-order valence-electron chi connectivity index (χ4n) is 4.26. The summed E-state index contributed by atoms with van der Waals surface area (Å²) in [6.07, 6.45) is 0.345. The molecule has 0 aliphatic rings. The van der Waals surface area contributed by atoms with Crippen LogP contribution in [-0.4, -0.2) is 58.5 Å². The minimum Gasteiger partial charge on any atom is -0.497 e. The van der Waals surface area contributed by atoms with Gasteiger partial charge in [0.2, 0.25) is 11.8 Å². The number of carbonyl (C=O) groups excluding carboxylic acids is 2. The molecule has 0 aliphatic heterocycles. The number of nitrogens with zero attached hydrogens (tertiary/aromatic N) is 2. The zero-order valence-electron chi connectivity index (χ0n) is 23.6. The highest BCUT2D eigenvalue weighted by Gasteiger charge is 2.33. The van der Waals surface area contributed by atoms with E-state index >= 15 is 0 Å². The van der Waals surface area contributed by atoms with E-state index in [1.807, 2.05) is 32.9 Å². The molecule has 0 unspecified atom stereocenters. The number of anilines is 1. The second-order valence-corrected chi connectivity index (χ2v) is 11.0. The Kier molecular flexibility index (Phi) is 10.6. The van der Waals surface area contributed by atoms with Gasteiger partial charge in [-0.15, -0.1) is 0 Å². The second kappa shape index (κ2) is 13.8. The number of amides is 2. The van der Waals surface area contributed by atoms with Crippen molar-refractivity contribution in [2.75, 3.05) is 31.6 Å². The van der Waals surface area contributed by atoms with Crippen LogP contribution < -0.4 is 19.1 Å². The van der Waals surface area contributed by atoms with Crippen LogP contribution in [0.4, 0.5) is 5.69 Å². The van der Waals surface area contributed by atoms with E-state index in [1.54, 1.807) is 55.6 Å². The van der Waals surface area contributed by atoms with Crippen molar-refractivity contribution in [1.29, 1.82) is 0 Å². The Bertz CT molecular complexity index is 1370. The number of nitrogens with one attached hydrogen (secondary N) is 1. The zero-order chi connectivity index (χ0) is 29.3. The average molecular weight is 568 g/mol. The first kappa shape index (κ1) is 30.5. The lowest BCUT2D eigenvalue weighted by molar-refractivity contribution is -0.140. The average Bonchev–Trinajstić information content (AvgIpc) is 2.96. The molecule has 3 aromatic carbocycles. The molecule has 214 valence electrons. The summed E-state index contributed by atoms with van der Waals surface area (Å²) in [5, 5.41) is 2.62. The Morgan fingerprint density at radius 3 is 2.02 bits per heavy atom. The molecule has 3 aromatic rings. The number of carbonyl (C=O) groups is 2. The number of hydrogen-bond donors (Lipinski definition) is 1. The Balaban J connectivity index is 2.03. The molecule has 1 N–H and O–H groups in total. The number of ether oxygens (including phenoxy) is 2. The van der Waals surface area contributed by atoms with Crippen LogP contribution >= 0.6 is 0 Å². The lowest BCUT2D eigenvalue weighted by Gasteiger charge is -2.33. The highest BCUT2D eigenvalue weighted by Crippen LogP contribution is 2.27. The summed E-state index contributed by atoms with van der Waals surface area (Å²) in [5.41, 5.74) is 2.05. The lowest BCUT2D eigenvalue weighted by atomic mass is 10.1. The maximum absolute atomic E-state index is 14.0. The van der Waals surface area contributed by atoms with Crippen LogP contribution in [0.2, 0.25) is 0 Å². The van der Waals surface area contributed by atoms with Gasteiger partial charge in [-0.25, -0.2) is 8.42 Å². The third-order valence-corrected chi connectivity index (χ3v) is 8.26. The number of hydrogen-bond acceptors (Lipinski definition) is 6. The van der Waals surface area contributed by atoms with Gasteiger partial charge in [0.15, 0.2) is 0 Å². The first-order valence-electron chi connectivity index (χ1n) is 13.1. The normalized spacial score (nSPS) is 11.8. The van der Waals surface area contributed by atoms with Gasteiger partial charge in [-0.2, -0.15) is 0 Å². The van der Waals surface area contributed by atoms with Crippen LogP contribution in [0.5, 0.6) is 11.5 Å². The number of aryl methyl sites for hydroxylation is 1. The number of methoxy groups -OCH3 is 1. The van der Waals surface area contributed by atoms with E-state index in [4.69, 9.17) is 9.47 Å². The van der Waals surface area contributed by atoms with Gasteiger partial charge in [-0.3, -0.25) is 13.9 Å². The second-order valence-electron chi connectivity index (χ2n) is 9.16. The third-order valence-electron chi connectivity index (χ3n) is 6.47. The van der Waals surface area contributed by atoms with Gasteiger partial charge >= 0.3 is 0 Å². The van der Waals surface area contributed by atoms with Crippen molar-refractivity contribution in [1.82, 2.24) is 10.2 Å². The Labute approximate surface area is 236 Å². The van der Waals surface area contributed by atoms with Crippen LogP contribution in [0.25, 0.3) is 0 Å². The smallest absolute Gasteiger partial charge is 0.264 e. The van der Waals surface area contributed by atoms with E-state index in [0.29, 0.717) is 30.2 Å². The van der Waals surface area contributed by atoms with Gasteiger partial charge in [0.1, 0.15) is 24.1 Å². The molecule has 0 bridgehead atoms. The molecule has 0 spiro atoms. The van der Waals surface area contributed by atoms with Crippen molar-refractivity contribution in [3.63, 3.8) is 0 Å². The third kappa shape index (κ3) is 7.32. The number of sulfonamides is 1. The number of likely N-dealkylation sites (N-methyl/N-ethyl adjacent to an activating group) is 1. The summed E-state index contributed by atoms with van der Waals surface area (Å²) < 4.78 is 39.6. The SMILES string of the molecule is CCOc1ccc(S(=O)(=O)N(CC(=O)N(Cc2ccc(OC)cc2)[C@@H](CC)C(=O)NC)c2ccc(C)cc2)cc1. The minimum absolute atomic E-state index is 0.0179. The molecular weight excluding hydrogens is 530 g/mol. The first-order chi connectivity index (χ1) is 19.1. The maximum atomic E-state index is 14.0. The van der Waals surface area contributed by atoms with E-state index in [1.165, 1.54) is 24.1 Å². The summed E-state index contributed by atoms with van der Waals surface area (Å²) in [5.74, 6) is 0.357. The molecular formula is C30H37N3O6S. The van der Waals surface area contributed by atoms with Crippen molar-refractivity contribution in [3.05, 3.63) is 83.9 Å². The van der Waals surface area contributed by atoms with Gasteiger partial charge in [-0.05, 0) is 74.4 Å². The standard InChI is InChI=1S/C30H37N3O6S/c1-6-28(30(35)31-4)32(20-23-10-14-25(38-5)15-11-23)29(34)21-33(24-12-8-22(3)9-13-24)40(36,37)27-18-16-26(17-19-27)39-7-2/h8-19,28H,6-7,20-21H2,1-5H3,(H,31,35)/t28-/m0/s1. The summed E-state index contributed by atoms with van der Waals surface area (Å²) in [6, 6.07) is 19.4. The number of rotatable bonds is 13. The monoisotopic (exact) mass is 567 g/mol. The molecule has 0 fully saturated rings. The molecule has 0 saturated heterocycles. The van der Waals surface area contributed by atoms with Gasteiger partial charge in [0.05, 0.1) is 24.3 Å². The Morgan fingerprint density at radius 2 is 1.50 bits per heavy atom. The largest absolute Gasteiger partial charge is 0.497 e. The topological polar surface area (TPSA) is 105 Å². The molecule has 10 heteroatoms. The van der Waals surface area contributed by atoms with Crippen LogP contribution in [0.1, 0.15) is 31.4 Å². The van der Waals surface area contributed by atoms with Crippen molar-refractivity contribution in [2.24, 2.45) is 0 Å². The predicted molar refractivity (Wildman–Crippen MR) is 155 cm³/mol. The molecule has 0 heterocycles. The first-order valence-corrected chi connectivity index (χ1v) is 14.5. The summed E-state index contributed by atoms with van der Waals surface area (Å²) >= 11 is 0. The van der Waals surface area contributed by atoms with Crippen LogP contribution in [-0.2, 0) is 26.2 Å². The Hall–Kier alpha value is -4.05. The van der Waals surface area contributed by atoms with E-state index in [2.05, 4.69) is 5.32 Å². The van der Waals surface area contributed by atoms with Gasteiger partial charge < -0.3 is 19.7 Å². The fourth-order valence-corrected chi connectivity index (χ4v) is 5.67. The zero-order valence-corrected chi connectivity index (χ0v) is 24.4. The molecule has 0 aromatic heterocycles. The van der Waals surface area contributed by atoms with Crippen molar-refractivity contribution >= 4 is 27.5 Å². The maximum Gasteiger partial charge on any atom is 0.264 e. The molecule has 1 atom stereocenters. The van der Waals surface area contributed by atoms with E-state index in [0.717, 1.165) is 15.4 Å². The van der Waals surface area contributed by atoms with Crippen LogP contribution in [0.15, 0.2) is 77.7 Å². The molecule has 0 radical (unpaired) electrons. The van der Waals surface area contributed by atoms with E-state index < -0.39 is 28.5 Å². The highest BCUT2D eigenvalue weighted by molar-refractivity contribution is 7.92. The quantitative estimate of drug-likeness (QED) is 0.333. The van der Waals surface area contributed by atoms with Crippen LogP contribution in [0, 0.1) is 6.92 Å². The molecule has 2 amide bonds. The Morgan fingerprint density at radius 1 is 0.900 bits per heavy atom. The van der Waals surface area contributed by atoms with Crippen molar-refractivity contribution < 1.29 is 27.5 Å². The van der Waals surface area contributed by atoms with Crippen molar-refractivity contribution in [2.45, 2.75) is 44.7 Å². The molecule has 3 rings (SSSR count). The van der Waals surface area contributed by atoms with Crippen molar-refractivity contribution in [3.8, 4) is 11.5 Å². The number of benzene rings is 3. The molecule has 0 saturated carbocycles. The fraction of sp³-hybridized carbons (Fsp3) is 0.333. The van der Waals surface area contributed by atoms with E-state index in [9.17, 15) is 18.0 Å². The summed E-state index contributed by atoms with van der Waals surface area (Å²) in [4.78, 5) is 28.2.